The first kappa shape index (κ1) is 11.5. The highest BCUT2D eigenvalue weighted by Crippen LogP contribution is 2.33. The van der Waals surface area contributed by atoms with Crippen LogP contribution in [0, 0.1) is 13.8 Å². The number of hydrogen-bond acceptors (Lipinski definition) is 2. The Hall–Kier alpha value is -0.540. The van der Waals surface area contributed by atoms with Crippen LogP contribution in [0.25, 0.3) is 0 Å². The topological polar surface area (TPSA) is 46.2 Å². The lowest BCUT2D eigenvalue weighted by Gasteiger charge is -2.12. The third-order valence-corrected chi connectivity index (χ3v) is 3.13. The Morgan fingerprint density at radius 1 is 1.43 bits per heavy atom. The van der Waals surface area contributed by atoms with Crippen LogP contribution in [0.4, 0.5) is 0 Å². The van der Waals surface area contributed by atoms with E-state index in [-0.39, 0.29) is 0 Å². The zero-order valence-electron chi connectivity index (χ0n) is 8.60. The number of rotatable bonds is 3. The van der Waals surface area contributed by atoms with E-state index in [1.54, 1.807) is 0 Å². The van der Waals surface area contributed by atoms with Crippen LogP contribution < -0.4 is 5.73 Å². The maximum absolute atomic E-state index is 9.84. The maximum atomic E-state index is 9.84. The van der Waals surface area contributed by atoms with Crippen LogP contribution in [-0.4, -0.2) is 11.7 Å². The molecular weight excluding hydrogens is 242 g/mol. The summed E-state index contributed by atoms with van der Waals surface area (Å²) in [5, 5.41) is 9.84. The van der Waals surface area contributed by atoms with E-state index in [4.69, 9.17) is 5.73 Å². The molecule has 0 atom stereocenters. The fourth-order valence-corrected chi connectivity index (χ4v) is 2.09. The molecule has 1 aromatic carbocycles. The summed E-state index contributed by atoms with van der Waals surface area (Å²) in [5.74, 6) is 0.363. The Morgan fingerprint density at radius 3 is 2.64 bits per heavy atom. The van der Waals surface area contributed by atoms with Gasteiger partial charge in [0, 0.05) is 0 Å². The third kappa shape index (κ3) is 2.28. The van der Waals surface area contributed by atoms with E-state index in [1.165, 1.54) is 11.1 Å². The smallest absolute Gasteiger partial charge is 0.133 e. The summed E-state index contributed by atoms with van der Waals surface area (Å²) >= 11 is 3.34. The minimum absolute atomic E-state index is 0.363. The molecule has 2 nitrogen and oxygen atoms in total. The SMILES string of the molecule is Cc1cc(Br)c(O)c(CCCN)c1C. The van der Waals surface area contributed by atoms with Crippen molar-refractivity contribution >= 4 is 15.9 Å². The van der Waals surface area contributed by atoms with Gasteiger partial charge in [0.1, 0.15) is 5.75 Å². The number of aromatic hydroxyl groups is 1. The van der Waals surface area contributed by atoms with Gasteiger partial charge in [0.2, 0.25) is 0 Å². The van der Waals surface area contributed by atoms with E-state index in [0.717, 1.165) is 22.9 Å². The third-order valence-electron chi connectivity index (χ3n) is 2.53. The standard InChI is InChI=1S/C11H16BrNO/c1-7-6-10(12)11(14)9(8(7)2)4-3-5-13/h6,14H,3-5,13H2,1-2H3. The van der Waals surface area contributed by atoms with Gasteiger partial charge in [-0.2, -0.15) is 0 Å². The van der Waals surface area contributed by atoms with Crippen molar-refractivity contribution in [1.29, 1.82) is 0 Å². The van der Waals surface area contributed by atoms with Crippen molar-refractivity contribution in [3.05, 3.63) is 27.2 Å². The number of nitrogens with two attached hydrogens (primary N) is 1. The van der Waals surface area contributed by atoms with Gasteiger partial charge in [0.25, 0.3) is 0 Å². The molecule has 0 unspecified atom stereocenters. The van der Waals surface area contributed by atoms with Crippen molar-refractivity contribution in [2.24, 2.45) is 5.73 Å². The Labute approximate surface area is 93.3 Å². The summed E-state index contributed by atoms with van der Waals surface area (Å²) in [6.45, 7) is 4.74. The monoisotopic (exact) mass is 257 g/mol. The van der Waals surface area contributed by atoms with Crippen molar-refractivity contribution < 1.29 is 5.11 Å². The summed E-state index contributed by atoms with van der Waals surface area (Å²) in [5.41, 5.74) is 8.84. The molecule has 0 radical (unpaired) electrons. The molecule has 0 aliphatic rings. The molecule has 1 rings (SSSR count). The second-order valence-corrected chi connectivity index (χ2v) is 4.37. The van der Waals surface area contributed by atoms with Crippen LogP contribution in [0.2, 0.25) is 0 Å². The molecule has 78 valence electrons. The van der Waals surface area contributed by atoms with Crippen LogP contribution >= 0.6 is 15.9 Å². The number of aryl methyl sites for hydroxylation is 1. The average molecular weight is 258 g/mol. The van der Waals surface area contributed by atoms with Crippen LogP contribution in [0.3, 0.4) is 0 Å². The first-order valence-electron chi connectivity index (χ1n) is 4.75. The van der Waals surface area contributed by atoms with Gasteiger partial charge < -0.3 is 10.8 Å². The Bertz CT molecular complexity index is 310. The Morgan fingerprint density at radius 2 is 2.07 bits per heavy atom. The van der Waals surface area contributed by atoms with Crippen molar-refractivity contribution in [1.82, 2.24) is 0 Å². The van der Waals surface area contributed by atoms with E-state index in [2.05, 4.69) is 15.9 Å². The van der Waals surface area contributed by atoms with E-state index < -0.39 is 0 Å². The number of benzene rings is 1. The largest absolute Gasteiger partial charge is 0.506 e. The molecule has 0 saturated heterocycles. The Kier molecular flexibility index (Phi) is 3.96. The van der Waals surface area contributed by atoms with Gasteiger partial charge in [-0.15, -0.1) is 0 Å². The second-order valence-electron chi connectivity index (χ2n) is 3.52. The quantitative estimate of drug-likeness (QED) is 0.875. The van der Waals surface area contributed by atoms with Gasteiger partial charge in [-0.05, 0) is 71.9 Å². The van der Waals surface area contributed by atoms with Gasteiger partial charge in [0.05, 0.1) is 4.47 Å². The van der Waals surface area contributed by atoms with Crippen molar-refractivity contribution in [3.8, 4) is 5.75 Å². The van der Waals surface area contributed by atoms with Crippen molar-refractivity contribution in [2.45, 2.75) is 26.7 Å². The molecule has 0 aliphatic carbocycles. The van der Waals surface area contributed by atoms with Crippen LogP contribution in [0.15, 0.2) is 10.5 Å². The highest BCUT2D eigenvalue weighted by molar-refractivity contribution is 9.10. The van der Waals surface area contributed by atoms with E-state index in [1.807, 2.05) is 19.9 Å². The molecule has 0 fully saturated rings. The highest BCUT2D eigenvalue weighted by atomic mass is 79.9. The molecule has 0 heterocycles. The number of phenols is 1. The molecule has 3 heteroatoms. The lowest BCUT2D eigenvalue weighted by Crippen LogP contribution is -2.02. The lowest BCUT2D eigenvalue weighted by atomic mass is 9.98. The molecule has 0 bridgehead atoms. The summed E-state index contributed by atoms with van der Waals surface area (Å²) in [4.78, 5) is 0. The minimum Gasteiger partial charge on any atom is -0.506 e. The predicted octanol–water partition coefficient (Wildman–Crippen LogP) is 2.66. The maximum Gasteiger partial charge on any atom is 0.133 e. The van der Waals surface area contributed by atoms with Gasteiger partial charge in [-0.25, -0.2) is 0 Å². The molecule has 1 aromatic rings. The van der Waals surface area contributed by atoms with Gasteiger partial charge in [-0.1, -0.05) is 0 Å². The minimum atomic E-state index is 0.363. The number of phenolic OH excluding ortho intramolecular Hbond substituents is 1. The Balaban J connectivity index is 3.11. The normalized spacial score (nSPS) is 10.6. The van der Waals surface area contributed by atoms with Crippen molar-refractivity contribution in [2.75, 3.05) is 6.54 Å². The molecule has 14 heavy (non-hydrogen) atoms. The molecule has 0 aromatic heterocycles. The molecule has 0 saturated carbocycles. The number of halogens is 1. The first-order chi connectivity index (χ1) is 6.57. The molecule has 3 N–H and O–H groups in total. The van der Waals surface area contributed by atoms with Gasteiger partial charge in [0.15, 0.2) is 0 Å². The zero-order valence-corrected chi connectivity index (χ0v) is 10.2. The van der Waals surface area contributed by atoms with E-state index in [9.17, 15) is 5.11 Å². The first-order valence-corrected chi connectivity index (χ1v) is 5.54. The van der Waals surface area contributed by atoms with Crippen LogP contribution in [-0.2, 0) is 6.42 Å². The van der Waals surface area contributed by atoms with Crippen LogP contribution in [0.1, 0.15) is 23.1 Å². The van der Waals surface area contributed by atoms with Crippen LogP contribution in [0.5, 0.6) is 5.75 Å². The van der Waals surface area contributed by atoms with Crippen molar-refractivity contribution in [3.63, 3.8) is 0 Å². The fraction of sp³-hybridized carbons (Fsp3) is 0.455. The average Bonchev–Trinajstić information content (AvgIpc) is 2.15. The van der Waals surface area contributed by atoms with E-state index in [0.29, 0.717) is 12.3 Å². The summed E-state index contributed by atoms with van der Waals surface area (Å²) in [6.07, 6.45) is 1.75. The van der Waals surface area contributed by atoms with Gasteiger partial charge in [-0.3, -0.25) is 0 Å². The van der Waals surface area contributed by atoms with E-state index >= 15 is 0 Å². The molecular formula is C11H16BrNO. The molecule has 0 aliphatic heterocycles. The van der Waals surface area contributed by atoms with Gasteiger partial charge >= 0.3 is 0 Å². The fourth-order valence-electron chi connectivity index (χ4n) is 1.51. The summed E-state index contributed by atoms with van der Waals surface area (Å²) in [6, 6.07) is 1.94. The molecule has 0 amide bonds. The summed E-state index contributed by atoms with van der Waals surface area (Å²) < 4.78 is 0.771. The number of hydrogen-bond donors (Lipinski definition) is 2. The highest BCUT2D eigenvalue weighted by Gasteiger charge is 2.10. The molecule has 0 spiro atoms. The lowest BCUT2D eigenvalue weighted by molar-refractivity contribution is 0.463. The predicted molar refractivity (Wildman–Crippen MR) is 62.7 cm³/mol. The summed E-state index contributed by atoms with van der Waals surface area (Å²) in [7, 11) is 0. The zero-order chi connectivity index (χ0) is 10.7. The second kappa shape index (κ2) is 4.80.